The Balaban J connectivity index is 1.72. The van der Waals surface area contributed by atoms with Crippen LogP contribution in [0.1, 0.15) is 30.8 Å². The van der Waals surface area contributed by atoms with Crippen LogP contribution in [0.3, 0.4) is 0 Å². The highest BCUT2D eigenvalue weighted by molar-refractivity contribution is 9.11. The normalized spacial score (nSPS) is 11.4. The highest BCUT2D eigenvalue weighted by Gasteiger charge is 2.18. The van der Waals surface area contributed by atoms with E-state index >= 15 is 0 Å². The third-order valence-electron chi connectivity index (χ3n) is 5.26. The predicted octanol–water partition coefficient (Wildman–Crippen LogP) is 7.76. The third kappa shape index (κ3) is 5.85. The topological polar surface area (TPSA) is 65.7 Å². The van der Waals surface area contributed by atoms with Crippen molar-refractivity contribution in [3.8, 4) is 11.5 Å². The first-order valence-corrected chi connectivity index (χ1v) is 13.9. The zero-order chi connectivity index (χ0) is 25.8. The first-order valence-electron chi connectivity index (χ1n) is 11.1. The van der Waals surface area contributed by atoms with Crippen molar-refractivity contribution in [1.82, 2.24) is 9.66 Å². The van der Waals surface area contributed by atoms with Crippen molar-refractivity contribution in [2.75, 3.05) is 6.61 Å². The van der Waals surface area contributed by atoms with Crippen LogP contribution in [0.4, 0.5) is 0 Å². The summed E-state index contributed by atoms with van der Waals surface area (Å²) in [6.07, 6.45) is 2.09. The molecule has 4 rings (SSSR count). The maximum atomic E-state index is 13.2. The average molecular weight is 699 g/mol. The number of ether oxygens (including phenoxy) is 2. The van der Waals surface area contributed by atoms with Gasteiger partial charge >= 0.3 is 0 Å². The molecule has 0 bridgehead atoms. The monoisotopic (exact) mass is 695 g/mol. The Morgan fingerprint density at radius 1 is 1.03 bits per heavy atom. The quantitative estimate of drug-likeness (QED) is 0.177. The summed E-state index contributed by atoms with van der Waals surface area (Å²) in [6, 6.07) is 15.0. The standard InChI is InChI=1S/C26H21Br3ClN3O3/c1-3-22-32-20-10-9-18(28)12-19(20)26(34)33(22)31-13-16-11-21(35-4-2)25(24(30)23(16)29)36-14-15-5-7-17(27)8-6-15/h5-13H,3-4,14H2,1-2H3. The van der Waals surface area contributed by atoms with E-state index in [-0.39, 0.29) is 5.56 Å². The van der Waals surface area contributed by atoms with Crippen LogP contribution in [-0.2, 0) is 13.0 Å². The predicted molar refractivity (Wildman–Crippen MR) is 155 cm³/mol. The van der Waals surface area contributed by atoms with Crippen LogP contribution in [0, 0.1) is 0 Å². The molecule has 4 aromatic rings. The maximum Gasteiger partial charge on any atom is 0.282 e. The summed E-state index contributed by atoms with van der Waals surface area (Å²) in [6.45, 7) is 4.55. The zero-order valence-electron chi connectivity index (χ0n) is 19.4. The lowest BCUT2D eigenvalue weighted by Crippen LogP contribution is -2.22. The van der Waals surface area contributed by atoms with Crippen LogP contribution in [-0.4, -0.2) is 22.5 Å². The molecule has 1 aromatic heterocycles. The lowest BCUT2D eigenvalue weighted by atomic mass is 10.2. The summed E-state index contributed by atoms with van der Waals surface area (Å²) in [5.74, 6) is 1.45. The van der Waals surface area contributed by atoms with Gasteiger partial charge in [0.1, 0.15) is 17.5 Å². The molecule has 0 aliphatic heterocycles. The van der Waals surface area contributed by atoms with Gasteiger partial charge in [0.05, 0.1) is 23.7 Å². The van der Waals surface area contributed by atoms with Crippen molar-refractivity contribution in [3.05, 3.63) is 94.3 Å². The summed E-state index contributed by atoms with van der Waals surface area (Å²) in [5.41, 5.74) is 1.99. The maximum absolute atomic E-state index is 13.2. The fourth-order valence-corrected chi connectivity index (χ4v) is 4.77. The molecule has 0 aliphatic carbocycles. The number of benzene rings is 3. The van der Waals surface area contributed by atoms with Crippen molar-refractivity contribution in [1.29, 1.82) is 0 Å². The molecule has 3 aromatic carbocycles. The summed E-state index contributed by atoms with van der Waals surface area (Å²) >= 11 is 17.1. The van der Waals surface area contributed by atoms with Crippen molar-refractivity contribution in [2.24, 2.45) is 5.10 Å². The van der Waals surface area contributed by atoms with Gasteiger partial charge < -0.3 is 9.47 Å². The minimum atomic E-state index is -0.254. The van der Waals surface area contributed by atoms with E-state index in [1.54, 1.807) is 18.3 Å². The lowest BCUT2D eigenvalue weighted by Gasteiger charge is -2.16. The van der Waals surface area contributed by atoms with E-state index in [0.717, 1.165) is 14.5 Å². The van der Waals surface area contributed by atoms with Gasteiger partial charge in [-0.1, -0.05) is 62.5 Å². The molecule has 0 N–H and O–H groups in total. The Bertz CT molecular complexity index is 1510. The van der Waals surface area contributed by atoms with E-state index in [0.29, 0.717) is 62.9 Å². The molecule has 6 nitrogen and oxygen atoms in total. The molecule has 1 heterocycles. The molecule has 0 unspecified atom stereocenters. The van der Waals surface area contributed by atoms with Gasteiger partial charge in [0, 0.05) is 25.4 Å². The number of halogens is 4. The van der Waals surface area contributed by atoms with Gasteiger partial charge in [0.25, 0.3) is 5.56 Å². The molecule has 10 heteroatoms. The number of rotatable bonds is 8. The van der Waals surface area contributed by atoms with E-state index in [2.05, 4.69) is 57.9 Å². The van der Waals surface area contributed by atoms with E-state index in [1.807, 2.05) is 50.2 Å². The van der Waals surface area contributed by atoms with Gasteiger partial charge in [-0.2, -0.15) is 9.78 Å². The second-order valence-electron chi connectivity index (χ2n) is 7.67. The Kier molecular flexibility index (Phi) is 8.87. The molecule has 0 saturated carbocycles. The second-order valence-corrected chi connectivity index (χ2v) is 10.7. The van der Waals surface area contributed by atoms with E-state index in [1.165, 1.54) is 4.68 Å². The lowest BCUT2D eigenvalue weighted by molar-refractivity contribution is 0.269. The van der Waals surface area contributed by atoms with Crippen LogP contribution in [0.25, 0.3) is 10.9 Å². The fraction of sp³-hybridized carbons (Fsp3) is 0.192. The van der Waals surface area contributed by atoms with Crippen molar-refractivity contribution >= 4 is 76.5 Å². The van der Waals surface area contributed by atoms with Gasteiger partial charge in [-0.05, 0) is 64.8 Å². The molecule has 0 radical (unpaired) electrons. The van der Waals surface area contributed by atoms with Crippen LogP contribution >= 0.6 is 59.4 Å². The van der Waals surface area contributed by atoms with Gasteiger partial charge in [-0.15, -0.1) is 0 Å². The summed E-state index contributed by atoms with van der Waals surface area (Å²) in [5, 5.41) is 5.30. The molecule has 186 valence electrons. The third-order valence-corrected chi connectivity index (χ3v) is 7.72. The largest absolute Gasteiger partial charge is 0.490 e. The first kappa shape index (κ1) is 26.9. The smallest absolute Gasteiger partial charge is 0.282 e. The number of aromatic nitrogens is 2. The van der Waals surface area contributed by atoms with Crippen molar-refractivity contribution < 1.29 is 9.47 Å². The van der Waals surface area contributed by atoms with Gasteiger partial charge in [-0.3, -0.25) is 4.79 Å². The van der Waals surface area contributed by atoms with Crippen LogP contribution in [0.5, 0.6) is 11.5 Å². The molecule has 0 aliphatic rings. The average Bonchev–Trinajstić information content (AvgIpc) is 2.87. The molecule has 0 saturated heterocycles. The molecular formula is C26H21Br3ClN3O3. The Morgan fingerprint density at radius 2 is 1.75 bits per heavy atom. The molecule has 0 amide bonds. The van der Waals surface area contributed by atoms with E-state index in [4.69, 9.17) is 21.1 Å². The summed E-state index contributed by atoms with van der Waals surface area (Å²) in [4.78, 5) is 17.8. The Hall–Kier alpha value is -2.20. The number of nitrogens with zero attached hydrogens (tertiary/aromatic N) is 3. The Morgan fingerprint density at radius 3 is 2.44 bits per heavy atom. The number of hydrogen-bond acceptors (Lipinski definition) is 5. The minimum Gasteiger partial charge on any atom is -0.490 e. The van der Waals surface area contributed by atoms with E-state index < -0.39 is 0 Å². The highest BCUT2D eigenvalue weighted by atomic mass is 79.9. The molecule has 0 atom stereocenters. The zero-order valence-corrected chi connectivity index (χ0v) is 24.9. The van der Waals surface area contributed by atoms with E-state index in [9.17, 15) is 4.79 Å². The van der Waals surface area contributed by atoms with Crippen LogP contribution in [0.15, 0.2) is 71.8 Å². The SMILES string of the molecule is CCOc1cc(C=Nn2c(CC)nc3ccc(Br)cc3c2=O)c(Br)c(Cl)c1OCc1ccc(Br)cc1. The minimum absolute atomic E-state index is 0.254. The first-order chi connectivity index (χ1) is 17.3. The molecule has 0 spiro atoms. The van der Waals surface area contributed by atoms with Gasteiger partial charge in [0.15, 0.2) is 11.5 Å². The molecule has 36 heavy (non-hydrogen) atoms. The van der Waals surface area contributed by atoms with Crippen LogP contribution < -0.4 is 15.0 Å². The van der Waals surface area contributed by atoms with Crippen molar-refractivity contribution in [3.63, 3.8) is 0 Å². The Labute approximate surface area is 238 Å². The summed E-state index contributed by atoms with van der Waals surface area (Å²) < 4.78 is 15.5. The second kappa shape index (κ2) is 11.9. The summed E-state index contributed by atoms with van der Waals surface area (Å²) in [7, 11) is 0. The molecule has 0 fully saturated rings. The molecular weight excluding hydrogens is 677 g/mol. The number of hydrogen-bond donors (Lipinski definition) is 0. The van der Waals surface area contributed by atoms with Crippen LogP contribution in [0.2, 0.25) is 5.02 Å². The number of aryl methyl sites for hydroxylation is 1. The highest BCUT2D eigenvalue weighted by Crippen LogP contribution is 2.42. The fourth-order valence-electron chi connectivity index (χ4n) is 3.49. The van der Waals surface area contributed by atoms with Crippen molar-refractivity contribution in [2.45, 2.75) is 26.9 Å². The number of fused-ring (bicyclic) bond motifs is 1. The van der Waals surface area contributed by atoms with Gasteiger partial charge in [-0.25, -0.2) is 4.98 Å². The van der Waals surface area contributed by atoms with Gasteiger partial charge in [0.2, 0.25) is 0 Å².